The maximum Gasteiger partial charge on any atom is 0.356 e. The molecule has 0 aliphatic carbocycles. The number of rotatable bonds is 5. The van der Waals surface area contributed by atoms with Crippen LogP contribution in [0.2, 0.25) is 0 Å². The Bertz CT molecular complexity index is 148. The first-order chi connectivity index (χ1) is 5.04. The zero-order chi connectivity index (χ0) is 8.91. The van der Waals surface area contributed by atoms with E-state index >= 15 is 0 Å². The normalized spacial score (nSPS) is 19.3. The molecule has 0 fully saturated rings. The highest BCUT2D eigenvalue weighted by Gasteiger charge is 2.28. The molecule has 0 aromatic rings. The standard InChI is InChI=1S/C6H15O4P/c1-3-5-10-11(8,9)6(7)4-2/h6-7H,3-5H2,1-2H3,(H,8,9). The highest BCUT2D eigenvalue weighted by atomic mass is 31.2. The van der Waals surface area contributed by atoms with Gasteiger partial charge in [0.1, 0.15) is 0 Å². The molecule has 11 heavy (non-hydrogen) atoms. The molecule has 0 spiro atoms. The highest BCUT2D eigenvalue weighted by molar-refractivity contribution is 7.53. The first-order valence-electron chi connectivity index (χ1n) is 3.69. The number of hydrogen-bond acceptors (Lipinski definition) is 3. The monoisotopic (exact) mass is 182 g/mol. The fourth-order valence-electron chi connectivity index (χ4n) is 0.539. The fourth-order valence-corrected chi connectivity index (χ4v) is 1.62. The van der Waals surface area contributed by atoms with E-state index in [2.05, 4.69) is 4.52 Å². The molecule has 0 radical (unpaired) electrons. The third-order valence-corrected chi connectivity index (χ3v) is 2.89. The van der Waals surface area contributed by atoms with Crippen LogP contribution < -0.4 is 0 Å². The van der Waals surface area contributed by atoms with Crippen LogP contribution in [0.4, 0.5) is 0 Å². The second-order valence-corrected chi connectivity index (χ2v) is 4.27. The van der Waals surface area contributed by atoms with Gasteiger partial charge in [0.2, 0.25) is 0 Å². The minimum atomic E-state index is -3.74. The van der Waals surface area contributed by atoms with E-state index in [1.165, 1.54) is 0 Å². The van der Waals surface area contributed by atoms with Crippen molar-refractivity contribution in [3.63, 3.8) is 0 Å². The lowest BCUT2D eigenvalue weighted by Gasteiger charge is -2.15. The second kappa shape index (κ2) is 4.88. The Labute approximate surface area is 66.7 Å². The van der Waals surface area contributed by atoms with E-state index in [9.17, 15) is 4.57 Å². The summed E-state index contributed by atoms with van der Waals surface area (Å²) in [6.45, 7) is 3.67. The summed E-state index contributed by atoms with van der Waals surface area (Å²) in [7, 11) is -3.74. The lowest BCUT2D eigenvalue weighted by Crippen LogP contribution is -2.08. The molecule has 2 N–H and O–H groups in total. The van der Waals surface area contributed by atoms with E-state index < -0.39 is 13.4 Å². The van der Waals surface area contributed by atoms with Gasteiger partial charge in [-0.3, -0.25) is 4.57 Å². The van der Waals surface area contributed by atoms with E-state index in [1.807, 2.05) is 6.92 Å². The van der Waals surface area contributed by atoms with E-state index in [-0.39, 0.29) is 13.0 Å². The molecule has 2 unspecified atom stereocenters. The smallest absolute Gasteiger partial charge is 0.356 e. The third kappa shape index (κ3) is 3.87. The van der Waals surface area contributed by atoms with Crippen LogP contribution in [0.15, 0.2) is 0 Å². The fraction of sp³-hybridized carbons (Fsp3) is 1.00. The van der Waals surface area contributed by atoms with Crippen LogP contribution in [0, 0.1) is 0 Å². The van der Waals surface area contributed by atoms with Crippen molar-refractivity contribution in [1.29, 1.82) is 0 Å². The van der Waals surface area contributed by atoms with Crippen LogP contribution in [0.5, 0.6) is 0 Å². The molecule has 4 nitrogen and oxygen atoms in total. The van der Waals surface area contributed by atoms with Crippen LogP contribution in [-0.4, -0.2) is 22.5 Å². The van der Waals surface area contributed by atoms with Gasteiger partial charge in [0.15, 0.2) is 5.85 Å². The molecular formula is C6H15O4P. The number of aliphatic hydroxyl groups is 1. The summed E-state index contributed by atoms with van der Waals surface area (Å²) in [5.41, 5.74) is 0. The molecule has 0 aromatic heterocycles. The van der Waals surface area contributed by atoms with Gasteiger partial charge in [-0.2, -0.15) is 0 Å². The molecule has 0 saturated heterocycles. The van der Waals surface area contributed by atoms with Crippen molar-refractivity contribution in [1.82, 2.24) is 0 Å². The van der Waals surface area contributed by atoms with Crippen LogP contribution in [0.25, 0.3) is 0 Å². The van der Waals surface area contributed by atoms with Crippen molar-refractivity contribution in [2.24, 2.45) is 0 Å². The van der Waals surface area contributed by atoms with Gasteiger partial charge >= 0.3 is 7.60 Å². The van der Waals surface area contributed by atoms with Crippen molar-refractivity contribution in [2.75, 3.05) is 6.61 Å². The lowest BCUT2D eigenvalue weighted by atomic mass is 10.5. The average molecular weight is 182 g/mol. The maximum atomic E-state index is 11.0. The summed E-state index contributed by atoms with van der Waals surface area (Å²) in [6, 6.07) is 0. The van der Waals surface area contributed by atoms with Gasteiger partial charge in [-0.1, -0.05) is 13.8 Å². The summed E-state index contributed by atoms with van der Waals surface area (Å²) in [5, 5.41) is 8.97. The molecule has 5 heteroatoms. The maximum absolute atomic E-state index is 11.0. The SMILES string of the molecule is CCCOP(=O)(O)C(O)CC. The Hall–Kier alpha value is 0.110. The van der Waals surface area contributed by atoms with Crippen LogP contribution >= 0.6 is 7.60 Å². The zero-order valence-electron chi connectivity index (χ0n) is 6.86. The minimum absolute atomic E-state index is 0.213. The van der Waals surface area contributed by atoms with E-state index in [0.717, 1.165) is 0 Å². The van der Waals surface area contributed by atoms with Gasteiger partial charge in [-0.25, -0.2) is 0 Å². The molecule has 0 aromatic carbocycles. The Balaban J connectivity index is 3.89. The lowest BCUT2D eigenvalue weighted by molar-refractivity contribution is 0.169. The highest BCUT2D eigenvalue weighted by Crippen LogP contribution is 2.47. The quantitative estimate of drug-likeness (QED) is 0.629. The van der Waals surface area contributed by atoms with Gasteiger partial charge < -0.3 is 14.5 Å². The van der Waals surface area contributed by atoms with Crippen molar-refractivity contribution < 1.29 is 19.1 Å². The molecule has 0 aliphatic heterocycles. The predicted molar refractivity (Wildman–Crippen MR) is 42.4 cm³/mol. The van der Waals surface area contributed by atoms with E-state index in [4.69, 9.17) is 10.00 Å². The van der Waals surface area contributed by atoms with Gasteiger partial charge in [0.05, 0.1) is 6.61 Å². The molecule has 0 saturated carbocycles. The summed E-state index contributed by atoms with van der Waals surface area (Å²) in [4.78, 5) is 9.00. The van der Waals surface area contributed by atoms with Gasteiger partial charge in [-0.05, 0) is 12.8 Å². The molecule has 0 aliphatic rings. The Morgan fingerprint density at radius 1 is 1.55 bits per heavy atom. The minimum Gasteiger partial charge on any atom is -0.380 e. The Morgan fingerprint density at radius 3 is 2.45 bits per heavy atom. The Morgan fingerprint density at radius 2 is 2.09 bits per heavy atom. The van der Waals surface area contributed by atoms with Crippen molar-refractivity contribution in [3.8, 4) is 0 Å². The van der Waals surface area contributed by atoms with Crippen molar-refractivity contribution in [2.45, 2.75) is 32.5 Å². The van der Waals surface area contributed by atoms with Gasteiger partial charge in [0.25, 0.3) is 0 Å². The zero-order valence-corrected chi connectivity index (χ0v) is 7.75. The number of hydrogen-bond donors (Lipinski definition) is 2. The topological polar surface area (TPSA) is 66.8 Å². The van der Waals surface area contributed by atoms with Gasteiger partial charge in [-0.15, -0.1) is 0 Å². The summed E-state index contributed by atoms with van der Waals surface area (Å²) in [5.74, 6) is -1.24. The molecule has 68 valence electrons. The van der Waals surface area contributed by atoms with Crippen LogP contribution in [0.3, 0.4) is 0 Å². The van der Waals surface area contributed by atoms with E-state index in [1.54, 1.807) is 6.92 Å². The molecule has 0 amide bonds. The molecule has 0 rings (SSSR count). The molecule has 2 atom stereocenters. The molecule has 0 heterocycles. The van der Waals surface area contributed by atoms with Crippen molar-refractivity contribution >= 4 is 7.60 Å². The molecular weight excluding hydrogens is 167 g/mol. The number of aliphatic hydroxyl groups excluding tert-OH is 1. The average Bonchev–Trinajstić information content (AvgIpc) is 1.99. The van der Waals surface area contributed by atoms with Crippen molar-refractivity contribution in [3.05, 3.63) is 0 Å². The van der Waals surface area contributed by atoms with E-state index in [0.29, 0.717) is 6.42 Å². The second-order valence-electron chi connectivity index (χ2n) is 2.29. The first kappa shape index (κ1) is 11.1. The Kier molecular flexibility index (Phi) is 4.93. The van der Waals surface area contributed by atoms with Crippen LogP contribution in [0.1, 0.15) is 26.7 Å². The third-order valence-electron chi connectivity index (χ3n) is 1.22. The summed E-state index contributed by atoms with van der Waals surface area (Å²) >= 11 is 0. The molecule has 0 bridgehead atoms. The van der Waals surface area contributed by atoms with Gasteiger partial charge in [0, 0.05) is 0 Å². The first-order valence-corrected chi connectivity index (χ1v) is 5.34. The summed E-state index contributed by atoms with van der Waals surface area (Å²) < 4.78 is 15.6. The predicted octanol–water partition coefficient (Wildman–Crippen LogP) is 1.33. The largest absolute Gasteiger partial charge is 0.380 e. The summed E-state index contributed by atoms with van der Waals surface area (Å²) in [6.07, 6.45) is 0.901. The van der Waals surface area contributed by atoms with Crippen LogP contribution in [-0.2, 0) is 9.09 Å².